The summed E-state index contributed by atoms with van der Waals surface area (Å²) in [4.78, 5) is 44.1. The summed E-state index contributed by atoms with van der Waals surface area (Å²) in [7, 11) is 0. The number of fused-ring (bicyclic) bond motifs is 1. The van der Waals surface area contributed by atoms with Crippen molar-refractivity contribution in [1.82, 2.24) is 15.1 Å². The van der Waals surface area contributed by atoms with Crippen molar-refractivity contribution in [2.24, 2.45) is 5.73 Å². The first-order valence-corrected chi connectivity index (χ1v) is 13.1. The number of hydrogen-bond donors (Lipinski definition) is 2. The van der Waals surface area contributed by atoms with E-state index in [9.17, 15) is 14.4 Å². The first-order chi connectivity index (χ1) is 17.0. The topological polar surface area (TPSA) is 108 Å². The molecule has 3 aliphatic heterocycles. The lowest BCUT2D eigenvalue weighted by molar-refractivity contribution is -0.136. The SMILES string of the molecule is Cl.Cl.NC1CCC(N(CCCN2CCOCC2)c2cccc3c2CN(C2CCC(=O)NC2=O)C3=O)CC1. The Balaban J connectivity index is 0.00000190. The van der Waals surface area contributed by atoms with Gasteiger partial charge in [-0.15, -0.1) is 24.8 Å². The van der Waals surface area contributed by atoms with Crippen LogP contribution in [0.1, 0.15) is 60.9 Å². The van der Waals surface area contributed by atoms with Crippen molar-refractivity contribution in [3.63, 3.8) is 0 Å². The molecule has 3 amide bonds. The van der Waals surface area contributed by atoms with Crippen LogP contribution in [0.4, 0.5) is 5.69 Å². The van der Waals surface area contributed by atoms with E-state index in [2.05, 4.69) is 21.2 Å². The quantitative estimate of drug-likeness (QED) is 0.496. The number of carbonyl (C=O) groups is 3. The number of ether oxygens (including phenoxy) is 1. The smallest absolute Gasteiger partial charge is 0.255 e. The van der Waals surface area contributed by atoms with E-state index in [1.54, 1.807) is 4.90 Å². The van der Waals surface area contributed by atoms with Crippen LogP contribution in [-0.4, -0.2) is 85.0 Å². The molecule has 206 valence electrons. The van der Waals surface area contributed by atoms with E-state index < -0.39 is 6.04 Å². The summed E-state index contributed by atoms with van der Waals surface area (Å²) in [5, 5.41) is 2.40. The number of amides is 3. The summed E-state index contributed by atoms with van der Waals surface area (Å²) in [6.45, 7) is 5.91. The van der Waals surface area contributed by atoms with Crippen LogP contribution < -0.4 is 16.0 Å². The van der Waals surface area contributed by atoms with Crippen LogP contribution in [0.2, 0.25) is 0 Å². The molecule has 1 aliphatic carbocycles. The maximum absolute atomic E-state index is 13.3. The van der Waals surface area contributed by atoms with Crippen molar-refractivity contribution in [2.75, 3.05) is 44.3 Å². The van der Waals surface area contributed by atoms with E-state index >= 15 is 0 Å². The minimum atomic E-state index is -0.595. The van der Waals surface area contributed by atoms with Crippen molar-refractivity contribution in [3.8, 4) is 0 Å². The molecule has 1 aromatic rings. The molecule has 11 heteroatoms. The van der Waals surface area contributed by atoms with Gasteiger partial charge in [-0.1, -0.05) is 6.07 Å². The van der Waals surface area contributed by atoms with Crippen LogP contribution in [0.5, 0.6) is 0 Å². The monoisotopic (exact) mass is 555 g/mol. The van der Waals surface area contributed by atoms with Gasteiger partial charge in [0.25, 0.3) is 5.91 Å². The number of nitrogens with one attached hydrogen (secondary N) is 1. The Labute approximate surface area is 231 Å². The average molecular weight is 557 g/mol. The summed E-state index contributed by atoms with van der Waals surface area (Å²) in [6, 6.07) is 6.03. The van der Waals surface area contributed by atoms with E-state index in [4.69, 9.17) is 10.5 Å². The highest BCUT2D eigenvalue weighted by Crippen LogP contribution is 2.37. The number of hydrogen-bond acceptors (Lipinski definition) is 7. The Kier molecular flexibility index (Phi) is 10.6. The summed E-state index contributed by atoms with van der Waals surface area (Å²) in [6.07, 6.45) is 5.81. The van der Waals surface area contributed by atoms with Gasteiger partial charge in [0.05, 0.1) is 13.2 Å². The standard InChI is InChI=1S/C26H37N5O4.2ClH/c27-18-5-7-19(8-6-18)30(12-2-11-29-13-15-35-16-14-29)22-4-1-3-20-21(22)17-31(26(20)34)23-9-10-24(32)28-25(23)33;;/h1,3-4,18-19,23H,2,5-17,27H2,(H,28,32,33);2*1H. The van der Waals surface area contributed by atoms with Crippen LogP contribution in [0.25, 0.3) is 0 Å². The second-order valence-corrected chi connectivity index (χ2v) is 10.3. The number of nitrogens with two attached hydrogens (primary N) is 1. The first kappa shape index (κ1) is 29.6. The fraction of sp³-hybridized carbons (Fsp3) is 0.654. The molecule has 3 heterocycles. The Morgan fingerprint density at radius 2 is 1.76 bits per heavy atom. The van der Waals surface area contributed by atoms with Crippen LogP contribution >= 0.6 is 24.8 Å². The molecule has 37 heavy (non-hydrogen) atoms. The third-order valence-electron chi connectivity index (χ3n) is 8.03. The van der Waals surface area contributed by atoms with Crippen molar-refractivity contribution in [1.29, 1.82) is 0 Å². The summed E-state index contributed by atoms with van der Waals surface area (Å²) in [5.41, 5.74) is 9.00. The van der Waals surface area contributed by atoms with Crippen LogP contribution in [-0.2, 0) is 20.9 Å². The van der Waals surface area contributed by atoms with Crippen molar-refractivity contribution in [2.45, 2.75) is 69.6 Å². The molecule has 0 radical (unpaired) electrons. The Morgan fingerprint density at radius 3 is 2.46 bits per heavy atom. The molecule has 9 nitrogen and oxygen atoms in total. The van der Waals surface area contributed by atoms with Gasteiger partial charge in [-0.25, -0.2) is 0 Å². The van der Waals surface area contributed by atoms with Gasteiger partial charge in [-0.2, -0.15) is 0 Å². The lowest BCUT2D eigenvalue weighted by atomic mass is 9.89. The minimum absolute atomic E-state index is 0. The molecule has 1 aromatic carbocycles. The van der Waals surface area contributed by atoms with Crippen LogP contribution in [0.3, 0.4) is 0 Å². The number of halogens is 2. The minimum Gasteiger partial charge on any atom is -0.379 e. The Hall–Kier alpha value is -1.91. The fourth-order valence-electron chi connectivity index (χ4n) is 6.04. The highest BCUT2D eigenvalue weighted by atomic mass is 35.5. The lowest BCUT2D eigenvalue weighted by Gasteiger charge is -2.39. The Morgan fingerprint density at radius 1 is 1.03 bits per heavy atom. The largest absolute Gasteiger partial charge is 0.379 e. The van der Waals surface area contributed by atoms with Gasteiger partial charge in [0.2, 0.25) is 11.8 Å². The molecule has 0 bridgehead atoms. The van der Waals surface area contributed by atoms with E-state index in [-0.39, 0.29) is 55.0 Å². The van der Waals surface area contributed by atoms with E-state index in [0.717, 1.165) is 82.7 Å². The molecular formula is C26H39Cl2N5O4. The van der Waals surface area contributed by atoms with Gasteiger partial charge in [-0.05, 0) is 50.7 Å². The van der Waals surface area contributed by atoms with Crippen molar-refractivity contribution in [3.05, 3.63) is 29.3 Å². The second kappa shape index (κ2) is 13.2. The molecule has 0 spiro atoms. The normalized spacial score (nSPS) is 26.1. The maximum Gasteiger partial charge on any atom is 0.255 e. The van der Waals surface area contributed by atoms with Gasteiger partial charge in [0.1, 0.15) is 6.04 Å². The highest BCUT2D eigenvalue weighted by molar-refractivity contribution is 6.06. The van der Waals surface area contributed by atoms with E-state index in [1.807, 2.05) is 12.1 Å². The molecule has 0 aromatic heterocycles. The van der Waals surface area contributed by atoms with Gasteiger partial charge < -0.3 is 20.3 Å². The molecule has 1 unspecified atom stereocenters. The molecule has 3 N–H and O–H groups in total. The predicted octanol–water partition coefficient (Wildman–Crippen LogP) is 2.09. The number of rotatable bonds is 7. The molecule has 4 aliphatic rings. The van der Waals surface area contributed by atoms with E-state index in [0.29, 0.717) is 24.6 Å². The predicted molar refractivity (Wildman–Crippen MR) is 146 cm³/mol. The molecule has 1 atom stereocenters. The molecule has 5 rings (SSSR count). The summed E-state index contributed by atoms with van der Waals surface area (Å²) >= 11 is 0. The maximum atomic E-state index is 13.3. The van der Waals surface area contributed by atoms with Gasteiger partial charge in [0.15, 0.2) is 0 Å². The zero-order chi connectivity index (χ0) is 24.4. The zero-order valence-corrected chi connectivity index (χ0v) is 22.9. The number of nitrogens with zero attached hydrogens (tertiary/aromatic N) is 3. The lowest BCUT2D eigenvalue weighted by Crippen LogP contribution is -2.52. The van der Waals surface area contributed by atoms with Gasteiger partial charge in [-0.3, -0.25) is 24.6 Å². The van der Waals surface area contributed by atoms with E-state index in [1.165, 1.54) is 0 Å². The summed E-state index contributed by atoms with van der Waals surface area (Å²) in [5.74, 6) is -0.749. The number of imide groups is 1. The van der Waals surface area contributed by atoms with Crippen LogP contribution in [0, 0.1) is 0 Å². The number of carbonyl (C=O) groups excluding carboxylic acids is 3. The van der Waals surface area contributed by atoms with Gasteiger partial charge in [0, 0.05) is 68.0 Å². The number of anilines is 1. The van der Waals surface area contributed by atoms with Crippen LogP contribution in [0.15, 0.2) is 18.2 Å². The first-order valence-electron chi connectivity index (χ1n) is 13.1. The molecular weight excluding hydrogens is 517 g/mol. The molecule has 2 saturated heterocycles. The fourth-order valence-corrected chi connectivity index (χ4v) is 6.04. The number of morpholine rings is 1. The zero-order valence-electron chi connectivity index (χ0n) is 21.2. The molecule has 1 saturated carbocycles. The van der Waals surface area contributed by atoms with Crippen molar-refractivity contribution >= 4 is 48.2 Å². The number of benzene rings is 1. The second-order valence-electron chi connectivity index (χ2n) is 10.3. The highest BCUT2D eigenvalue weighted by Gasteiger charge is 2.40. The number of piperidine rings is 1. The summed E-state index contributed by atoms with van der Waals surface area (Å²) < 4.78 is 5.49. The van der Waals surface area contributed by atoms with Crippen molar-refractivity contribution < 1.29 is 19.1 Å². The third kappa shape index (κ3) is 6.57. The molecule has 3 fully saturated rings. The average Bonchev–Trinajstić information content (AvgIpc) is 3.20. The van der Waals surface area contributed by atoms with Gasteiger partial charge >= 0.3 is 0 Å². The third-order valence-corrected chi connectivity index (χ3v) is 8.03. The Bertz CT molecular complexity index is 966.